The van der Waals surface area contributed by atoms with Crippen LogP contribution in [0.5, 0.6) is 11.5 Å². The average Bonchev–Trinajstić information content (AvgIpc) is 3.28. The van der Waals surface area contributed by atoms with Gasteiger partial charge in [0.05, 0.1) is 17.4 Å². The second-order valence-electron chi connectivity index (χ2n) is 8.17. The number of fused-ring (bicyclic) bond motifs is 3. The number of hydrogen-bond acceptors (Lipinski definition) is 5. The molecule has 2 heterocycles. The number of carbonyl (C=O) groups excluding carboxylic acids is 1. The van der Waals surface area contributed by atoms with Gasteiger partial charge in [-0.05, 0) is 49.6 Å². The highest BCUT2D eigenvalue weighted by Gasteiger charge is 2.15. The van der Waals surface area contributed by atoms with Crippen LogP contribution in [-0.4, -0.2) is 20.4 Å². The van der Waals surface area contributed by atoms with Crippen molar-refractivity contribution in [1.29, 1.82) is 0 Å². The van der Waals surface area contributed by atoms with Crippen LogP contribution in [0.1, 0.15) is 28.8 Å². The van der Waals surface area contributed by atoms with E-state index in [2.05, 4.69) is 14.5 Å². The molecular formula is C27H25N5O2. The number of hydrogen-bond donors (Lipinski definition) is 2. The lowest BCUT2D eigenvalue weighted by molar-refractivity contribution is 0.0999. The summed E-state index contributed by atoms with van der Waals surface area (Å²) in [6, 6.07) is 22.9. The van der Waals surface area contributed by atoms with Gasteiger partial charge in [-0.1, -0.05) is 42.5 Å². The number of amides is 1. The number of pyridine rings is 1. The molecule has 0 radical (unpaired) electrons. The van der Waals surface area contributed by atoms with E-state index in [4.69, 9.17) is 16.2 Å². The van der Waals surface area contributed by atoms with Crippen LogP contribution in [-0.2, 0) is 13.0 Å². The molecule has 0 atom stereocenters. The molecule has 0 spiro atoms. The molecule has 0 saturated heterocycles. The maximum absolute atomic E-state index is 12.1. The maximum atomic E-state index is 12.1. The standard InChI is InChI=1S/C27H25N5O2/c28-26-24-25(21-12-4-5-14-22(21)31-26)32(17-30-24)16-7-6-11-19-20(27(29)33)13-8-15-23(19)34-18-9-2-1-3-10-18/h1-5,8-10,12-15,17H,6-7,11,16H2,(H2,28,31)(H2,29,33). The summed E-state index contributed by atoms with van der Waals surface area (Å²) in [4.78, 5) is 21.1. The summed E-state index contributed by atoms with van der Waals surface area (Å²) >= 11 is 0. The maximum Gasteiger partial charge on any atom is 0.249 e. The average molecular weight is 452 g/mol. The van der Waals surface area contributed by atoms with Gasteiger partial charge in [0.2, 0.25) is 5.91 Å². The van der Waals surface area contributed by atoms with Gasteiger partial charge in [0.15, 0.2) is 5.82 Å². The number of para-hydroxylation sites is 2. The SMILES string of the molecule is NC(=O)c1cccc(Oc2ccccc2)c1CCCCn1cnc2c(N)nc3ccccc3c21. The summed E-state index contributed by atoms with van der Waals surface area (Å²) < 4.78 is 8.20. The second-order valence-corrected chi connectivity index (χ2v) is 8.17. The van der Waals surface area contributed by atoms with E-state index in [-0.39, 0.29) is 0 Å². The molecule has 0 fully saturated rings. The minimum absolute atomic E-state index is 0.436. The molecule has 2 aromatic heterocycles. The number of carbonyl (C=O) groups is 1. The number of nitrogen functional groups attached to an aromatic ring is 1. The Morgan fingerprint density at radius 1 is 0.941 bits per heavy atom. The van der Waals surface area contributed by atoms with Gasteiger partial charge in [-0.2, -0.15) is 0 Å². The fourth-order valence-corrected chi connectivity index (χ4v) is 4.33. The molecule has 7 nitrogen and oxygen atoms in total. The lowest BCUT2D eigenvalue weighted by Gasteiger charge is -2.14. The Bertz CT molecular complexity index is 1480. The van der Waals surface area contributed by atoms with E-state index in [0.717, 1.165) is 46.9 Å². The van der Waals surface area contributed by atoms with Gasteiger partial charge < -0.3 is 20.8 Å². The van der Waals surface area contributed by atoms with Crippen LogP contribution in [0.15, 0.2) is 79.1 Å². The van der Waals surface area contributed by atoms with Gasteiger partial charge in [0.25, 0.3) is 0 Å². The Balaban J connectivity index is 1.36. The number of anilines is 1. The number of nitrogens with zero attached hydrogens (tertiary/aromatic N) is 3. The molecule has 5 aromatic rings. The van der Waals surface area contributed by atoms with Gasteiger partial charge in [-0.3, -0.25) is 4.79 Å². The van der Waals surface area contributed by atoms with Crippen molar-refractivity contribution in [2.75, 3.05) is 5.73 Å². The van der Waals surface area contributed by atoms with Gasteiger partial charge in [0, 0.05) is 23.1 Å². The first-order valence-electron chi connectivity index (χ1n) is 11.3. The molecule has 1 amide bonds. The Morgan fingerprint density at radius 3 is 2.56 bits per heavy atom. The number of imidazole rings is 1. The predicted octanol–water partition coefficient (Wildman–Crippen LogP) is 5.08. The molecule has 0 aliphatic rings. The third-order valence-electron chi connectivity index (χ3n) is 5.93. The van der Waals surface area contributed by atoms with Crippen LogP contribution in [0.25, 0.3) is 21.9 Å². The second kappa shape index (κ2) is 9.23. The lowest BCUT2D eigenvalue weighted by Crippen LogP contribution is -2.14. The number of aromatic nitrogens is 3. The molecule has 5 rings (SSSR count). The quantitative estimate of drug-likeness (QED) is 0.320. The largest absolute Gasteiger partial charge is 0.457 e. The zero-order chi connectivity index (χ0) is 23.5. The van der Waals surface area contributed by atoms with E-state index < -0.39 is 5.91 Å². The van der Waals surface area contributed by atoms with Crippen molar-refractivity contribution in [3.05, 3.63) is 90.3 Å². The minimum atomic E-state index is -0.455. The summed E-state index contributed by atoms with van der Waals surface area (Å²) in [6.07, 6.45) is 4.20. The smallest absolute Gasteiger partial charge is 0.249 e. The van der Waals surface area contributed by atoms with Gasteiger partial charge in [0.1, 0.15) is 17.0 Å². The third kappa shape index (κ3) is 4.15. The molecule has 4 N–H and O–H groups in total. The lowest BCUT2D eigenvalue weighted by atomic mass is 10.00. The van der Waals surface area contributed by atoms with Crippen LogP contribution < -0.4 is 16.2 Å². The minimum Gasteiger partial charge on any atom is -0.457 e. The topological polar surface area (TPSA) is 109 Å². The molecule has 170 valence electrons. The Labute approximate surface area is 197 Å². The summed E-state index contributed by atoms with van der Waals surface area (Å²) in [5, 5.41) is 1.03. The predicted molar refractivity (Wildman–Crippen MR) is 134 cm³/mol. The number of primary amides is 1. The van der Waals surface area contributed by atoms with E-state index in [9.17, 15) is 4.79 Å². The Morgan fingerprint density at radius 2 is 1.74 bits per heavy atom. The molecule has 0 saturated carbocycles. The number of nitrogens with two attached hydrogens (primary N) is 2. The van der Waals surface area contributed by atoms with E-state index >= 15 is 0 Å². The number of benzene rings is 3. The molecule has 0 aliphatic carbocycles. The monoisotopic (exact) mass is 451 g/mol. The first kappa shape index (κ1) is 21.5. The van der Waals surface area contributed by atoms with Crippen LogP contribution >= 0.6 is 0 Å². The van der Waals surface area contributed by atoms with E-state index in [0.29, 0.717) is 29.3 Å². The Kier molecular flexibility index (Phi) is 5.82. The van der Waals surface area contributed by atoms with Crippen molar-refractivity contribution in [3.63, 3.8) is 0 Å². The summed E-state index contributed by atoms with van der Waals surface area (Å²) in [5.41, 5.74) is 15.7. The third-order valence-corrected chi connectivity index (χ3v) is 5.93. The number of unbranched alkanes of at least 4 members (excludes halogenated alkanes) is 1. The van der Waals surface area contributed by atoms with Crippen molar-refractivity contribution in [2.24, 2.45) is 5.73 Å². The first-order valence-corrected chi connectivity index (χ1v) is 11.3. The van der Waals surface area contributed by atoms with Crippen molar-refractivity contribution in [3.8, 4) is 11.5 Å². The van der Waals surface area contributed by atoms with E-state index in [1.54, 1.807) is 12.1 Å². The first-order chi connectivity index (χ1) is 16.6. The van der Waals surface area contributed by atoms with E-state index in [1.165, 1.54) is 0 Å². The molecule has 3 aromatic carbocycles. The molecule has 0 bridgehead atoms. The highest BCUT2D eigenvalue weighted by Crippen LogP contribution is 2.30. The van der Waals surface area contributed by atoms with Crippen molar-refractivity contribution >= 4 is 33.7 Å². The highest BCUT2D eigenvalue weighted by atomic mass is 16.5. The van der Waals surface area contributed by atoms with Gasteiger partial charge >= 0.3 is 0 Å². The summed E-state index contributed by atoms with van der Waals surface area (Å²) in [5.74, 6) is 1.35. The Hall–Kier alpha value is -4.39. The van der Waals surface area contributed by atoms with E-state index in [1.807, 2.05) is 67.0 Å². The van der Waals surface area contributed by atoms with Crippen LogP contribution in [0, 0.1) is 0 Å². The van der Waals surface area contributed by atoms with Crippen LogP contribution in [0.4, 0.5) is 5.82 Å². The fraction of sp³-hybridized carbons (Fsp3) is 0.148. The van der Waals surface area contributed by atoms with Crippen molar-refractivity contribution in [2.45, 2.75) is 25.8 Å². The zero-order valence-electron chi connectivity index (χ0n) is 18.6. The molecular weight excluding hydrogens is 426 g/mol. The fourth-order valence-electron chi connectivity index (χ4n) is 4.33. The van der Waals surface area contributed by atoms with Crippen LogP contribution in [0.2, 0.25) is 0 Å². The van der Waals surface area contributed by atoms with Crippen molar-refractivity contribution in [1.82, 2.24) is 14.5 Å². The number of ether oxygens (including phenoxy) is 1. The number of rotatable bonds is 8. The van der Waals surface area contributed by atoms with Crippen LogP contribution in [0.3, 0.4) is 0 Å². The molecule has 0 unspecified atom stereocenters. The zero-order valence-corrected chi connectivity index (χ0v) is 18.6. The van der Waals surface area contributed by atoms with Crippen molar-refractivity contribution < 1.29 is 9.53 Å². The summed E-state index contributed by atoms with van der Waals surface area (Å²) in [7, 11) is 0. The summed E-state index contributed by atoms with van der Waals surface area (Å²) in [6.45, 7) is 0.761. The van der Waals surface area contributed by atoms with Gasteiger partial charge in [-0.25, -0.2) is 9.97 Å². The number of aryl methyl sites for hydroxylation is 1. The normalized spacial score (nSPS) is 11.2. The van der Waals surface area contributed by atoms with Gasteiger partial charge in [-0.15, -0.1) is 0 Å². The molecule has 34 heavy (non-hydrogen) atoms. The highest BCUT2D eigenvalue weighted by molar-refractivity contribution is 6.06. The molecule has 0 aliphatic heterocycles. The molecule has 7 heteroatoms.